The van der Waals surface area contributed by atoms with Gasteiger partial charge in [0.25, 0.3) is 5.56 Å². The number of rotatable bonds is 1. The number of fused-ring (bicyclic) bond motifs is 1. The van der Waals surface area contributed by atoms with Crippen molar-refractivity contribution in [1.29, 1.82) is 0 Å². The molecule has 2 heterocycles. The lowest BCUT2D eigenvalue weighted by Crippen LogP contribution is -2.06. The van der Waals surface area contributed by atoms with E-state index in [0.717, 1.165) is 0 Å². The molecule has 2 rings (SSSR count). The van der Waals surface area contributed by atoms with E-state index in [2.05, 4.69) is 10.1 Å². The van der Waals surface area contributed by atoms with Crippen molar-refractivity contribution in [3.63, 3.8) is 0 Å². The third-order valence-corrected chi connectivity index (χ3v) is 1.98. The molecule has 0 aromatic carbocycles. The highest BCUT2D eigenvalue weighted by molar-refractivity contribution is 6.01. The van der Waals surface area contributed by atoms with Gasteiger partial charge in [0.05, 0.1) is 10.9 Å². The molecule has 0 unspecified atom stereocenters. The lowest BCUT2D eigenvalue weighted by molar-refractivity contribution is 0.0699. The van der Waals surface area contributed by atoms with E-state index in [4.69, 9.17) is 5.11 Å². The minimum absolute atomic E-state index is 0.0307. The summed E-state index contributed by atoms with van der Waals surface area (Å²) in [5.41, 5.74) is -0.125. The van der Waals surface area contributed by atoms with Crippen LogP contribution in [-0.2, 0) is 7.05 Å². The average molecular weight is 193 g/mol. The second-order valence-electron chi connectivity index (χ2n) is 2.86. The maximum Gasteiger partial charge on any atom is 0.336 e. The maximum absolute atomic E-state index is 11.3. The van der Waals surface area contributed by atoms with Gasteiger partial charge < -0.3 is 5.11 Å². The third-order valence-electron chi connectivity index (χ3n) is 1.98. The van der Waals surface area contributed by atoms with Gasteiger partial charge in [0.15, 0.2) is 5.65 Å². The number of carbonyl (C=O) groups is 1. The van der Waals surface area contributed by atoms with Crippen molar-refractivity contribution in [2.75, 3.05) is 0 Å². The van der Waals surface area contributed by atoms with Crippen LogP contribution in [0, 0.1) is 0 Å². The van der Waals surface area contributed by atoms with Crippen molar-refractivity contribution < 1.29 is 9.90 Å². The van der Waals surface area contributed by atoms with Crippen molar-refractivity contribution in [3.05, 3.63) is 28.2 Å². The van der Waals surface area contributed by atoms with Crippen molar-refractivity contribution in [2.45, 2.75) is 0 Å². The molecule has 2 aromatic rings. The van der Waals surface area contributed by atoms with Gasteiger partial charge in [-0.15, -0.1) is 0 Å². The molecule has 0 aliphatic carbocycles. The number of aromatic nitrogens is 3. The van der Waals surface area contributed by atoms with Gasteiger partial charge in [0, 0.05) is 13.2 Å². The van der Waals surface area contributed by atoms with E-state index in [1.54, 1.807) is 7.05 Å². The lowest BCUT2D eigenvalue weighted by atomic mass is 10.2. The number of pyridine rings is 1. The first-order chi connectivity index (χ1) is 6.61. The van der Waals surface area contributed by atoms with E-state index < -0.39 is 11.5 Å². The highest BCUT2D eigenvalue weighted by atomic mass is 16.4. The van der Waals surface area contributed by atoms with Gasteiger partial charge in [-0.1, -0.05) is 0 Å². The molecule has 2 aromatic heterocycles. The standard InChI is InChI=1S/C8H7N3O3/c1-11-6-5(7(12)10-11)4(8(13)14)2-3-9-6/h2-3H,1H3,(H,10,12)(H,13,14). The molecule has 0 spiro atoms. The lowest BCUT2D eigenvalue weighted by Gasteiger charge is -1.95. The zero-order chi connectivity index (χ0) is 10.3. The Morgan fingerprint density at radius 1 is 1.64 bits per heavy atom. The van der Waals surface area contributed by atoms with Crippen LogP contribution in [0.25, 0.3) is 11.0 Å². The Kier molecular flexibility index (Phi) is 1.63. The maximum atomic E-state index is 11.3. The molecule has 6 nitrogen and oxygen atoms in total. The number of hydrogen-bond acceptors (Lipinski definition) is 3. The Hall–Kier alpha value is -2.11. The molecule has 0 saturated carbocycles. The fourth-order valence-corrected chi connectivity index (χ4v) is 1.37. The number of H-pyrrole nitrogens is 1. The fourth-order valence-electron chi connectivity index (χ4n) is 1.37. The molecule has 0 saturated heterocycles. The van der Waals surface area contributed by atoms with Crippen LogP contribution in [0.3, 0.4) is 0 Å². The molecule has 0 aliphatic heterocycles. The number of carboxylic acid groups (broad SMARTS) is 1. The highest BCUT2D eigenvalue weighted by Crippen LogP contribution is 2.10. The Balaban J connectivity index is 3.00. The van der Waals surface area contributed by atoms with Gasteiger partial charge in [-0.2, -0.15) is 0 Å². The van der Waals surface area contributed by atoms with Crippen molar-refractivity contribution >= 4 is 17.0 Å². The van der Waals surface area contributed by atoms with Gasteiger partial charge in [-0.05, 0) is 6.07 Å². The van der Waals surface area contributed by atoms with E-state index in [9.17, 15) is 9.59 Å². The average Bonchev–Trinajstić information content (AvgIpc) is 2.43. The number of aromatic carboxylic acids is 1. The summed E-state index contributed by atoms with van der Waals surface area (Å²) in [6.07, 6.45) is 1.36. The number of nitrogens with one attached hydrogen (secondary N) is 1. The molecular formula is C8H7N3O3. The van der Waals surface area contributed by atoms with Crippen LogP contribution in [0.15, 0.2) is 17.1 Å². The van der Waals surface area contributed by atoms with Crippen LogP contribution in [-0.4, -0.2) is 25.8 Å². The molecule has 0 atom stereocenters. The molecular weight excluding hydrogens is 186 g/mol. The number of nitrogens with zero attached hydrogens (tertiary/aromatic N) is 2. The van der Waals surface area contributed by atoms with Crippen LogP contribution >= 0.6 is 0 Å². The van der Waals surface area contributed by atoms with Crippen LogP contribution in [0.2, 0.25) is 0 Å². The molecule has 0 bridgehead atoms. The van der Waals surface area contributed by atoms with Gasteiger partial charge in [0.2, 0.25) is 0 Å². The number of aryl methyl sites for hydroxylation is 1. The van der Waals surface area contributed by atoms with E-state index in [1.807, 2.05) is 0 Å². The van der Waals surface area contributed by atoms with Gasteiger partial charge in [-0.25, -0.2) is 9.78 Å². The minimum Gasteiger partial charge on any atom is -0.478 e. The first kappa shape index (κ1) is 8.49. The van der Waals surface area contributed by atoms with Gasteiger partial charge >= 0.3 is 5.97 Å². The second kappa shape index (κ2) is 2.69. The summed E-state index contributed by atoms with van der Waals surface area (Å²) in [6, 6.07) is 1.31. The molecule has 0 aliphatic rings. The van der Waals surface area contributed by atoms with Crippen LogP contribution in [0.5, 0.6) is 0 Å². The largest absolute Gasteiger partial charge is 0.478 e. The second-order valence-corrected chi connectivity index (χ2v) is 2.86. The van der Waals surface area contributed by atoms with E-state index in [1.165, 1.54) is 16.9 Å². The number of aromatic amines is 1. The molecule has 72 valence electrons. The Labute approximate surface area is 77.8 Å². The predicted octanol–water partition coefficient (Wildman–Crippen LogP) is -0.0402. The predicted molar refractivity (Wildman–Crippen MR) is 48.3 cm³/mol. The number of carboxylic acids is 1. The number of hydrogen-bond donors (Lipinski definition) is 2. The first-order valence-corrected chi connectivity index (χ1v) is 3.88. The Bertz CT molecular complexity index is 567. The summed E-state index contributed by atoms with van der Waals surface area (Å²) in [5, 5.41) is 11.4. The normalized spacial score (nSPS) is 10.6. The van der Waals surface area contributed by atoms with Crippen LogP contribution in [0.4, 0.5) is 0 Å². The van der Waals surface area contributed by atoms with E-state index in [0.29, 0.717) is 5.65 Å². The summed E-state index contributed by atoms with van der Waals surface area (Å²) in [4.78, 5) is 26.0. The van der Waals surface area contributed by atoms with Gasteiger partial charge in [-0.3, -0.25) is 14.6 Å². The van der Waals surface area contributed by atoms with Crippen LogP contribution in [0.1, 0.15) is 10.4 Å². The Morgan fingerprint density at radius 3 is 3.00 bits per heavy atom. The van der Waals surface area contributed by atoms with E-state index >= 15 is 0 Å². The molecule has 14 heavy (non-hydrogen) atoms. The SMILES string of the molecule is Cn1[nH]c(=O)c2c(C(=O)O)ccnc21. The molecule has 0 amide bonds. The third kappa shape index (κ3) is 1.00. The molecule has 6 heteroatoms. The zero-order valence-electron chi connectivity index (χ0n) is 7.31. The smallest absolute Gasteiger partial charge is 0.336 e. The van der Waals surface area contributed by atoms with Crippen molar-refractivity contribution in [1.82, 2.24) is 14.8 Å². The molecule has 0 fully saturated rings. The summed E-state index contributed by atoms with van der Waals surface area (Å²) in [5.74, 6) is -1.13. The van der Waals surface area contributed by atoms with E-state index in [-0.39, 0.29) is 10.9 Å². The minimum atomic E-state index is -1.13. The first-order valence-electron chi connectivity index (χ1n) is 3.88. The topological polar surface area (TPSA) is 88.0 Å². The monoisotopic (exact) mass is 193 g/mol. The van der Waals surface area contributed by atoms with Crippen molar-refractivity contribution in [3.8, 4) is 0 Å². The van der Waals surface area contributed by atoms with Gasteiger partial charge in [0.1, 0.15) is 0 Å². The summed E-state index contributed by atoms with van der Waals surface area (Å²) >= 11 is 0. The Morgan fingerprint density at radius 2 is 2.36 bits per heavy atom. The highest BCUT2D eigenvalue weighted by Gasteiger charge is 2.14. The zero-order valence-corrected chi connectivity index (χ0v) is 7.31. The summed E-state index contributed by atoms with van der Waals surface area (Å²) in [6.45, 7) is 0. The quantitative estimate of drug-likeness (QED) is 0.665. The fraction of sp³-hybridized carbons (Fsp3) is 0.125. The summed E-state index contributed by atoms with van der Waals surface area (Å²) < 4.78 is 1.39. The summed E-state index contributed by atoms with van der Waals surface area (Å²) in [7, 11) is 1.60. The van der Waals surface area contributed by atoms with Crippen molar-refractivity contribution in [2.24, 2.45) is 7.05 Å². The van der Waals surface area contributed by atoms with Crippen LogP contribution < -0.4 is 5.56 Å². The molecule has 0 radical (unpaired) electrons. The molecule has 2 N–H and O–H groups in total.